The number of ether oxygens (including phenoxy) is 2. The molecule has 0 aliphatic carbocycles. The summed E-state index contributed by atoms with van der Waals surface area (Å²) in [6.07, 6.45) is 0.596. The predicted octanol–water partition coefficient (Wildman–Crippen LogP) is -1.09. The Hall–Kier alpha value is 0.311. The normalized spacial score (nSPS) is 14.9. The maximum atomic E-state index is 12.6. The first kappa shape index (κ1) is 14.4. The summed E-state index contributed by atoms with van der Waals surface area (Å²) in [5, 5.41) is 0. The van der Waals surface area contributed by atoms with Gasteiger partial charge in [0.2, 0.25) is 0 Å². The minimum atomic E-state index is -5.05. The predicted molar refractivity (Wildman–Crippen MR) is 50.8 cm³/mol. The van der Waals surface area contributed by atoms with E-state index in [-0.39, 0.29) is 69.5 Å². The fourth-order valence-corrected chi connectivity index (χ4v) is 1.47. The minimum Gasteiger partial charge on any atom is -0.493 e. The van der Waals surface area contributed by atoms with Gasteiger partial charge in [0.05, 0.1) is 13.2 Å². The van der Waals surface area contributed by atoms with Gasteiger partial charge in [-0.25, -0.2) is 0 Å². The van der Waals surface area contributed by atoms with Gasteiger partial charge in [-0.15, -0.1) is 0 Å². The van der Waals surface area contributed by atoms with Crippen LogP contribution in [-0.4, -0.2) is 20.2 Å². The average molecular weight is 256 g/mol. The van der Waals surface area contributed by atoms with Gasteiger partial charge in [-0.05, 0) is 6.07 Å². The zero-order valence-electron chi connectivity index (χ0n) is 8.88. The summed E-state index contributed by atoms with van der Waals surface area (Å²) in [6, 6.07) is 3.84. The van der Waals surface area contributed by atoms with Gasteiger partial charge in [-0.2, -0.15) is 0 Å². The maximum Gasteiger partial charge on any atom is 1.00 e. The summed E-state index contributed by atoms with van der Waals surface area (Å²) in [4.78, 5) is 0. The van der Waals surface area contributed by atoms with Gasteiger partial charge >= 0.3 is 58.4 Å². The van der Waals surface area contributed by atoms with E-state index in [2.05, 4.69) is 0 Å². The van der Waals surface area contributed by atoms with Gasteiger partial charge in [-0.1, -0.05) is 17.6 Å². The molecule has 0 aromatic heterocycles. The first-order valence-corrected chi connectivity index (χ1v) is 4.67. The van der Waals surface area contributed by atoms with Crippen LogP contribution in [0, 0.1) is 0 Å². The zero-order chi connectivity index (χ0) is 10.9. The Morgan fingerprint density at radius 3 is 2.44 bits per heavy atom. The number of hydrogen-bond acceptors (Lipinski definition) is 2. The third kappa shape index (κ3) is 3.16. The summed E-state index contributed by atoms with van der Waals surface area (Å²) in [5.41, 5.74) is -0.714. The summed E-state index contributed by atoms with van der Waals surface area (Å²) in [7, 11) is 0. The molecular formula is C9H9BF3KO2. The summed E-state index contributed by atoms with van der Waals surface area (Å²) >= 11 is 0. The largest absolute Gasteiger partial charge is 1.00 e. The van der Waals surface area contributed by atoms with E-state index >= 15 is 0 Å². The number of halogens is 3. The van der Waals surface area contributed by atoms with Crippen molar-refractivity contribution >= 4 is 12.4 Å². The molecule has 0 bridgehead atoms. The fourth-order valence-electron chi connectivity index (χ4n) is 1.47. The quantitative estimate of drug-likeness (QED) is 0.594. The van der Waals surface area contributed by atoms with E-state index in [0.717, 1.165) is 6.07 Å². The number of para-hydroxylation sites is 1. The Labute approximate surface area is 134 Å². The number of fused-ring (bicyclic) bond motifs is 1. The van der Waals surface area contributed by atoms with Crippen LogP contribution >= 0.6 is 0 Å². The van der Waals surface area contributed by atoms with Gasteiger partial charge in [0, 0.05) is 6.42 Å². The van der Waals surface area contributed by atoms with Crippen LogP contribution in [0.2, 0.25) is 0 Å². The van der Waals surface area contributed by atoms with Crippen molar-refractivity contribution in [1.82, 2.24) is 0 Å². The van der Waals surface area contributed by atoms with Crippen LogP contribution in [0.5, 0.6) is 11.5 Å². The van der Waals surface area contributed by atoms with Gasteiger partial charge in [0.1, 0.15) is 5.75 Å². The van der Waals surface area contributed by atoms with E-state index < -0.39 is 12.4 Å². The van der Waals surface area contributed by atoms with Crippen molar-refractivity contribution in [2.45, 2.75) is 6.42 Å². The van der Waals surface area contributed by atoms with Gasteiger partial charge in [0.15, 0.2) is 5.75 Å². The summed E-state index contributed by atoms with van der Waals surface area (Å²) in [6.45, 7) is -4.40. The molecule has 2 nitrogen and oxygen atoms in total. The van der Waals surface area contributed by atoms with E-state index in [1.165, 1.54) is 12.1 Å². The van der Waals surface area contributed by atoms with Crippen molar-refractivity contribution in [3.63, 3.8) is 0 Å². The van der Waals surface area contributed by atoms with Crippen LogP contribution in [-0.2, 0) is 0 Å². The Kier molecular flexibility index (Phi) is 5.18. The molecule has 0 radical (unpaired) electrons. The second kappa shape index (κ2) is 5.77. The molecule has 0 saturated carbocycles. The van der Waals surface area contributed by atoms with Crippen molar-refractivity contribution in [1.29, 1.82) is 0 Å². The molecule has 7 heteroatoms. The summed E-state index contributed by atoms with van der Waals surface area (Å²) < 4.78 is 48.2. The summed E-state index contributed by atoms with van der Waals surface area (Å²) in [5.74, 6) is 0.0201. The Morgan fingerprint density at radius 2 is 1.75 bits per heavy atom. The molecule has 0 amide bonds. The van der Waals surface area contributed by atoms with Gasteiger partial charge in [0.25, 0.3) is 0 Å². The number of hydrogen-bond donors (Lipinski definition) is 0. The Balaban J connectivity index is 0.00000128. The molecule has 1 heterocycles. The maximum absolute atomic E-state index is 12.6. The average Bonchev–Trinajstić information content (AvgIpc) is 2.39. The molecule has 1 aliphatic rings. The van der Waals surface area contributed by atoms with Gasteiger partial charge < -0.3 is 22.4 Å². The second-order valence-corrected chi connectivity index (χ2v) is 3.30. The van der Waals surface area contributed by atoms with Crippen LogP contribution in [0.1, 0.15) is 6.42 Å². The van der Waals surface area contributed by atoms with Gasteiger partial charge in [-0.3, -0.25) is 0 Å². The van der Waals surface area contributed by atoms with Crippen LogP contribution < -0.4 is 66.3 Å². The topological polar surface area (TPSA) is 18.5 Å². The molecule has 1 aromatic rings. The van der Waals surface area contributed by atoms with Crippen molar-refractivity contribution < 1.29 is 73.8 Å². The van der Waals surface area contributed by atoms with Crippen molar-refractivity contribution in [3.05, 3.63) is 18.2 Å². The molecule has 0 atom stereocenters. The zero-order valence-corrected chi connectivity index (χ0v) is 12.0. The third-order valence-electron chi connectivity index (χ3n) is 2.15. The molecule has 82 valence electrons. The van der Waals surface area contributed by atoms with Crippen molar-refractivity contribution in [2.24, 2.45) is 0 Å². The first-order valence-electron chi connectivity index (χ1n) is 4.67. The SMILES string of the molecule is F[B-](F)(F)c1cccc2c1OCCCO2.[K+]. The molecule has 2 rings (SSSR count). The van der Waals surface area contributed by atoms with E-state index in [9.17, 15) is 12.9 Å². The number of rotatable bonds is 1. The monoisotopic (exact) mass is 256 g/mol. The molecule has 0 saturated heterocycles. The third-order valence-corrected chi connectivity index (χ3v) is 2.15. The molecule has 16 heavy (non-hydrogen) atoms. The smallest absolute Gasteiger partial charge is 0.493 e. The molecule has 1 aromatic carbocycles. The van der Waals surface area contributed by atoms with Crippen LogP contribution in [0.4, 0.5) is 12.9 Å². The number of benzene rings is 1. The molecule has 1 aliphatic heterocycles. The molecule has 0 N–H and O–H groups in total. The molecule has 0 fully saturated rings. The molecular weight excluding hydrogens is 247 g/mol. The van der Waals surface area contributed by atoms with Crippen LogP contribution in [0.15, 0.2) is 18.2 Å². The standard InChI is InChI=1S/C9H9BF3O2.K/c11-10(12,13)7-3-1-4-8-9(7)15-6-2-5-14-8;/h1,3-4H,2,5-6H2;/q-1;+1. The Morgan fingerprint density at radius 1 is 1.06 bits per heavy atom. The van der Waals surface area contributed by atoms with Crippen LogP contribution in [0.25, 0.3) is 0 Å². The first-order chi connectivity index (χ1) is 7.09. The molecule has 0 unspecified atom stereocenters. The van der Waals surface area contributed by atoms with Crippen molar-refractivity contribution in [3.8, 4) is 11.5 Å². The minimum absolute atomic E-state index is 0. The van der Waals surface area contributed by atoms with Crippen LogP contribution in [0.3, 0.4) is 0 Å². The fraction of sp³-hybridized carbons (Fsp3) is 0.333. The van der Waals surface area contributed by atoms with E-state index in [1.54, 1.807) is 0 Å². The van der Waals surface area contributed by atoms with E-state index in [0.29, 0.717) is 13.0 Å². The van der Waals surface area contributed by atoms with Crippen molar-refractivity contribution in [2.75, 3.05) is 13.2 Å². The van der Waals surface area contributed by atoms with E-state index in [4.69, 9.17) is 9.47 Å². The second-order valence-electron chi connectivity index (χ2n) is 3.30. The van der Waals surface area contributed by atoms with E-state index in [1.807, 2.05) is 0 Å². The molecule has 0 spiro atoms. The Bertz CT molecular complexity index is 370.